The Labute approximate surface area is 266 Å². The highest BCUT2D eigenvalue weighted by molar-refractivity contribution is 7.91. The average Bonchev–Trinajstić information content (AvgIpc) is 3.35. The average molecular weight is 678 g/mol. The smallest absolute Gasteiger partial charge is 0.453 e. The molecule has 1 fully saturated rings. The second-order valence-electron chi connectivity index (χ2n) is 12.5. The number of sulfone groups is 1. The van der Waals surface area contributed by atoms with E-state index in [1.165, 1.54) is 6.07 Å². The number of aromatic hydroxyl groups is 1. The fourth-order valence-corrected chi connectivity index (χ4v) is 8.12. The number of nitrogens with zero attached hydrogens (tertiary/aromatic N) is 1. The molecule has 4 rings (SSSR count). The van der Waals surface area contributed by atoms with Crippen molar-refractivity contribution in [3.8, 4) is 5.75 Å². The fraction of sp³-hybridized carbons (Fsp3) is 0.588. The molecule has 0 spiro atoms. The van der Waals surface area contributed by atoms with Crippen LogP contribution in [0.25, 0.3) is 11.1 Å². The van der Waals surface area contributed by atoms with E-state index >= 15 is 0 Å². The standard InChI is InChI=1S/C34H42F7NO3S/c35-31-15-12-25(23-32(31)36)28-11-5-8-24-22-27(43)13-14-29(24)30(28)10-3-1-2-4-18-42-19-6-9-26(42)16-21-46(44,45)20-7-17-33(37,38)34(39,40)41/h12-15,22-23,26,43H,1-11,16-21H2. The summed E-state index contributed by atoms with van der Waals surface area (Å²) < 4.78 is 116. The summed E-state index contributed by atoms with van der Waals surface area (Å²) in [6, 6.07) is 9.37. The van der Waals surface area contributed by atoms with Crippen LogP contribution in [0.5, 0.6) is 5.75 Å². The lowest BCUT2D eigenvalue weighted by molar-refractivity contribution is -0.284. The number of rotatable bonds is 15. The quantitative estimate of drug-likeness (QED) is 0.151. The first-order valence-corrected chi connectivity index (χ1v) is 17.9. The number of phenols is 1. The molecule has 1 atom stereocenters. The minimum atomic E-state index is -5.68. The van der Waals surface area contributed by atoms with Crippen LogP contribution >= 0.6 is 0 Å². The number of aryl methyl sites for hydroxylation is 1. The summed E-state index contributed by atoms with van der Waals surface area (Å²) in [4.78, 5) is 2.24. The van der Waals surface area contributed by atoms with Crippen LogP contribution in [0.3, 0.4) is 0 Å². The lowest BCUT2D eigenvalue weighted by atomic mass is 9.89. The van der Waals surface area contributed by atoms with E-state index in [0.717, 1.165) is 99.2 Å². The molecule has 12 heteroatoms. The van der Waals surface area contributed by atoms with Crippen molar-refractivity contribution in [1.82, 2.24) is 4.90 Å². The van der Waals surface area contributed by atoms with Gasteiger partial charge in [-0.1, -0.05) is 25.0 Å². The van der Waals surface area contributed by atoms with Crippen LogP contribution in [0.2, 0.25) is 0 Å². The number of likely N-dealkylation sites (tertiary alicyclic amines) is 1. The summed E-state index contributed by atoms with van der Waals surface area (Å²) >= 11 is 0. The molecule has 1 aliphatic carbocycles. The molecular formula is C34H42F7NO3S. The summed E-state index contributed by atoms with van der Waals surface area (Å²) in [6.07, 6.45) is 0.777. The Morgan fingerprint density at radius 2 is 1.61 bits per heavy atom. The Morgan fingerprint density at radius 1 is 0.848 bits per heavy atom. The number of unbranched alkanes of at least 4 members (excludes halogenated alkanes) is 3. The van der Waals surface area contributed by atoms with Crippen LogP contribution in [0.4, 0.5) is 30.7 Å². The van der Waals surface area contributed by atoms with Gasteiger partial charge in [-0.25, -0.2) is 17.2 Å². The third-order valence-corrected chi connectivity index (χ3v) is 10.9. The first kappa shape index (κ1) is 36.2. The van der Waals surface area contributed by atoms with Crippen molar-refractivity contribution < 1.29 is 44.3 Å². The van der Waals surface area contributed by atoms with Gasteiger partial charge in [-0.05, 0) is 129 Å². The first-order valence-electron chi connectivity index (χ1n) is 16.1. The van der Waals surface area contributed by atoms with E-state index in [2.05, 4.69) is 4.90 Å². The van der Waals surface area contributed by atoms with Gasteiger partial charge in [0.25, 0.3) is 0 Å². The SMILES string of the molecule is O=S(=O)(CCCC(F)(F)C(F)(F)F)CCC1CCCN1CCCCCCC1=C(c2ccc(F)c(F)c2)CCCc2cc(O)ccc21. The minimum absolute atomic E-state index is 0.0362. The third kappa shape index (κ3) is 9.71. The molecule has 0 amide bonds. The monoisotopic (exact) mass is 677 g/mol. The lowest BCUT2D eigenvalue weighted by Crippen LogP contribution is -2.36. The number of hydrogen-bond acceptors (Lipinski definition) is 4. The van der Waals surface area contributed by atoms with Gasteiger partial charge in [0.05, 0.1) is 11.5 Å². The zero-order valence-corrected chi connectivity index (χ0v) is 26.6. The van der Waals surface area contributed by atoms with Gasteiger partial charge in [-0.3, -0.25) is 0 Å². The highest BCUT2D eigenvalue weighted by Gasteiger charge is 2.56. The number of phenolic OH excluding ortho intramolecular Hbond substituents is 1. The Kier molecular flexibility index (Phi) is 12.2. The van der Waals surface area contributed by atoms with Gasteiger partial charge < -0.3 is 10.0 Å². The second kappa shape index (κ2) is 15.5. The number of allylic oxidation sites excluding steroid dienone is 2. The topological polar surface area (TPSA) is 57.6 Å². The van der Waals surface area contributed by atoms with Gasteiger partial charge >= 0.3 is 12.1 Å². The van der Waals surface area contributed by atoms with E-state index in [1.807, 2.05) is 6.07 Å². The molecule has 1 N–H and O–H groups in total. The molecule has 4 nitrogen and oxygen atoms in total. The highest BCUT2D eigenvalue weighted by Crippen LogP contribution is 2.41. The molecule has 0 saturated carbocycles. The number of alkyl halides is 5. The van der Waals surface area contributed by atoms with E-state index in [-0.39, 0.29) is 17.5 Å². The Balaban J connectivity index is 1.27. The van der Waals surface area contributed by atoms with E-state index in [0.29, 0.717) is 18.4 Å². The molecule has 46 heavy (non-hydrogen) atoms. The van der Waals surface area contributed by atoms with Gasteiger partial charge in [0.1, 0.15) is 15.6 Å². The predicted octanol–water partition coefficient (Wildman–Crippen LogP) is 9.12. The van der Waals surface area contributed by atoms with Gasteiger partial charge in [0, 0.05) is 12.5 Å². The van der Waals surface area contributed by atoms with Crippen molar-refractivity contribution in [2.45, 2.75) is 102 Å². The van der Waals surface area contributed by atoms with E-state index in [9.17, 15) is 44.3 Å². The normalized spacial score (nSPS) is 18.2. The molecule has 1 heterocycles. The summed E-state index contributed by atoms with van der Waals surface area (Å²) in [7, 11) is -3.74. The number of fused-ring (bicyclic) bond motifs is 1. The summed E-state index contributed by atoms with van der Waals surface area (Å²) in [5.74, 6) is -7.40. The zero-order valence-electron chi connectivity index (χ0n) is 25.8. The van der Waals surface area contributed by atoms with Crippen LogP contribution < -0.4 is 0 Å². The van der Waals surface area contributed by atoms with Gasteiger partial charge in [-0.2, -0.15) is 22.0 Å². The van der Waals surface area contributed by atoms with Gasteiger partial charge in [0.15, 0.2) is 11.6 Å². The van der Waals surface area contributed by atoms with E-state index in [4.69, 9.17) is 0 Å². The number of halogens is 7. The van der Waals surface area contributed by atoms with Crippen molar-refractivity contribution in [3.63, 3.8) is 0 Å². The molecule has 0 radical (unpaired) electrons. The van der Waals surface area contributed by atoms with Crippen molar-refractivity contribution >= 4 is 21.0 Å². The minimum Gasteiger partial charge on any atom is -0.508 e. The van der Waals surface area contributed by atoms with Crippen molar-refractivity contribution in [3.05, 3.63) is 64.7 Å². The zero-order chi connectivity index (χ0) is 33.5. The van der Waals surface area contributed by atoms with Crippen molar-refractivity contribution in [2.75, 3.05) is 24.6 Å². The maximum atomic E-state index is 14.2. The Bertz CT molecular complexity index is 1470. The number of benzene rings is 2. The van der Waals surface area contributed by atoms with Crippen molar-refractivity contribution in [1.29, 1.82) is 0 Å². The van der Waals surface area contributed by atoms with Crippen LogP contribution in [-0.2, 0) is 16.3 Å². The molecule has 2 aromatic carbocycles. The first-order chi connectivity index (χ1) is 21.7. The highest BCUT2D eigenvalue weighted by atomic mass is 32.2. The Morgan fingerprint density at radius 3 is 2.35 bits per heavy atom. The van der Waals surface area contributed by atoms with E-state index < -0.39 is 52.2 Å². The molecule has 1 aliphatic heterocycles. The Hall–Kier alpha value is -2.60. The largest absolute Gasteiger partial charge is 0.508 e. The van der Waals surface area contributed by atoms with Gasteiger partial charge in [0.2, 0.25) is 0 Å². The summed E-state index contributed by atoms with van der Waals surface area (Å²) in [5, 5.41) is 10.1. The second-order valence-corrected chi connectivity index (χ2v) is 14.8. The molecule has 1 saturated heterocycles. The van der Waals surface area contributed by atoms with Crippen LogP contribution in [0, 0.1) is 11.6 Å². The van der Waals surface area contributed by atoms with Crippen LogP contribution in [-0.4, -0.2) is 61.2 Å². The molecule has 0 aromatic heterocycles. The third-order valence-electron chi connectivity index (χ3n) is 9.16. The maximum absolute atomic E-state index is 14.2. The van der Waals surface area contributed by atoms with Crippen molar-refractivity contribution in [2.24, 2.45) is 0 Å². The van der Waals surface area contributed by atoms with Gasteiger partial charge in [-0.15, -0.1) is 0 Å². The van der Waals surface area contributed by atoms with Crippen LogP contribution in [0.15, 0.2) is 36.4 Å². The molecule has 2 aliphatic rings. The molecule has 2 aromatic rings. The molecule has 1 unspecified atom stereocenters. The fourth-order valence-electron chi connectivity index (χ4n) is 6.70. The number of hydrogen-bond donors (Lipinski definition) is 1. The molecule has 256 valence electrons. The summed E-state index contributed by atoms with van der Waals surface area (Å²) in [6.45, 7) is 1.62. The molecule has 0 bridgehead atoms. The maximum Gasteiger partial charge on any atom is 0.453 e. The lowest BCUT2D eigenvalue weighted by Gasteiger charge is -2.24. The summed E-state index contributed by atoms with van der Waals surface area (Å²) in [5.41, 5.74) is 4.80. The predicted molar refractivity (Wildman–Crippen MR) is 165 cm³/mol. The van der Waals surface area contributed by atoms with E-state index in [1.54, 1.807) is 18.2 Å². The molecular weight excluding hydrogens is 635 g/mol. The van der Waals surface area contributed by atoms with Crippen LogP contribution in [0.1, 0.15) is 93.7 Å².